The molecule has 1 aliphatic carbocycles. The Balaban J connectivity index is 2.20. The second kappa shape index (κ2) is 49.6. The first-order valence-corrected chi connectivity index (χ1v) is 33.0. The number of amides is 1. The zero-order valence-electron chi connectivity index (χ0n) is 47.5. The van der Waals surface area contributed by atoms with Gasteiger partial charge < -0.3 is 40.8 Å². The SMILES string of the molecule is CCCCCCCCCCCCCCCCCCCCCCCCCCCCCCCCCC(=O)N[C@@H](COP(=O)(O)OC1C(O)C(O)C(O)[C@@H](O)C1O)[C@H](O)CCCCCCCCCCCCCCCCC. The van der Waals surface area contributed by atoms with Gasteiger partial charge in [-0.3, -0.25) is 13.8 Å². The molecule has 0 aromatic carbocycles. The predicted molar refractivity (Wildman–Crippen MR) is 302 cm³/mol. The summed E-state index contributed by atoms with van der Waals surface area (Å²) in [5.74, 6) is -0.299. The van der Waals surface area contributed by atoms with Crippen LogP contribution in [0.2, 0.25) is 0 Å². The van der Waals surface area contributed by atoms with Crippen LogP contribution in [-0.2, 0) is 18.4 Å². The number of rotatable bonds is 55. The van der Waals surface area contributed by atoms with Crippen molar-refractivity contribution in [1.29, 1.82) is 0 Å². The number of aliphatic hydroxyl groups excluding tert-OH is 6. The van der Waals surface area contributed by atoms with Gasteiger partial charge in [0.05, 0.1) is 18.8 Å². The van der Waals surface area contributed by atoms with Crippen molar-refractivity contribution in [1.82, 2.24) is 5.32 Å². The fourth-order valence-electron chi connectivity index (χ4n) is 10.6. The van der Waals surface area contributed by atoms with Crippen molar-refractivity contribution >= 4 is 13.7 Å². The molecular weight excluding hydrogens is 942 g/mol. The molecule has 6 unspecified atom stereocenters. The molecule has 0 heterocycles. The number of aliphatic hydroxyl groups is 6. The monoisotopic (exact) mass is 1060 g/mol. The molecule has 1 aliphatic rings. The summed E-state index contributed by atoms with van der Waals surface area (Å²) >= 11 is 0. The topological polar surface area (TPSA) is 206 Å². The Hall–Kier alpha value is -0.660. The van der Waals surface area contributed by atoms with E-state index in [2.05, 4.69) is 19.2 Å². The summed E-state index contributed by atoms with van der Waals surface area (Å²) in [6.07, 6.45) is 47.3. The lowest BCUT2D eigenvalue weighted by molar-refractivity contribution is -0.220. The number of carbonyl (C=O) groups excluding carboxylic acids is 1. The van der Waals surface area contributed by atoms with Crippen LogP contribution in [0.5, 0.6) is 0 Å². The van der Waals surface area contributed by atoms with E-state index in [1.54, 1.807) is 0 Å². The van der Waals surface area contributed by atoms with Crippen LogP contribution < -0.4 is 5.32 Å². The van der Waals surface area contributed by atoms with Gasteiger partial charge in [-0.25, -0.2) is 4.57 Å². The molecule has 0 bridgehead atoms. The van der Waals surface area contributed by atoms with Crippen molar-refractivity contribution in [2.45, 2.75) is 371 Å². The Morgan fingerprint density at radius 3 is 0.945 bits per heavy atom. The number of hydrogen-bond acceptors (Lipinski definition) is 10. The van der Waals surface area contributed by atoms with Crippen molar-refractivity contribution in [2.24, 2.45) is 0 Å². The number of carbonyl (C=O) groups is 1. The summed E-state index contributed by atoms with van der Waals surface area (Å²) in [5, 5.41) is 64.5. The number of unbranched alkanes of at least 4 members (excludes halogenated alkanes) is 44. The molecule has 0 aromatic heterocycles. The molecule has 1 saturated carbocycles. The normalized spacial score (nSPS) is 20.8. The molecule has 1 fully saturated rings. The van der Waals surface area contributed by atoms with Crippen LogP contribution in [0.1, 0.15) is 322 Å². The summed E-state index contributed by atoms with van der Waals surface area (Å²) in [5.41, 5.74) is 0. The maximum Gasteiger partial charge on any atom is 0.472 e. The Morgan fingerprint density at radius 2 is 0.658 bits per heavy atom. The van der Waals surface area contributed by atoms with E-state index in [-0.39, 0.29) is 12.3 Å². The third kappa shape index (κ3) is 40.2. The average Bonchev–Trinajstić information content (AvgIpc) is 3.38. The standard InChI is InChI=1S/C60H120NO11P/c1-3-5-7-9-11-13-15-17-19-20-21-22-23-24-25-26-27-28-29-30-31-32-33-34-36-38-40-42-44-46-48-50-54(63)61-52(51-71-73(69,70)72-60-58(67)56(65)55(64)57(66)59(60)68)53(62)49-47-45-43-41-39-37-35-18-16-14-12-10-8-6-4-2/h52-53,55-60,62,64-68H,3-51H2,1-2H3,(H,61,63)(H,69,70)/t52-,53+,55?,56+,57?,58?,59?,60?/m0/s1. The molecule has 0 radical (unpaired) electrons. The second-order valence-corrected chi connectivity index (χ2v) is 24.0. The molecule has 13 heteroatoms. The second-order valence-electron chi connectivity index (χ2n) is 22.6. The largest absolute Gasteiger partial charge is 0.472 e. The zero-order valence-corrected chi connectivity index (χ0v) is 48.4. The van der Waals surface area contributed by atoms with Crippen LogP contribution in [-0.4, -0.2) is 96.8 Å². The van der Waals surface area contributed by atoms with Crippen LogP contribution in [0.15, 0.2) is 0 Å². The van der Waals surface area contributed by atoms with E-state index in [4.69, 9.17) is 9.05 Å². The molecule has 0 aromatic rings. The number of hydrogen-bond donors (Lipinski definition) is 8. The van der Waals surface area contributed by atoms with E-state index >= 15 is 0 Å². The molecule has 1 rings (SSSR count). The minimum Gasteiger partial charge on any atom is -0.391 e. The summed E-state index contributed by atoms with van der Waals surface area (Å²) < 4.78 is 23.1. The number of nitrogens with one attached hydrogen (secondary N) is 1. The van der Waals surface area contributed by atoms with Crippen LogP contribution in [0.3, 0.4) is 0 Å². The molecular formula is C60H120NO11P. The van der Waals surface area contributed by atoms with E-state index in [1.807, 2.05) is 0 Å². The van der Waals surface area contributed by atoms with Crippen molar-refractivity contribution in [3.63, 3.8) is 0 Å². The Morgan fingerprint density at radius 1 is 0.411 bits per heavy atom. The number of phosphoric ester groups is 1. The van der Waals surface area contributed by atoms with Crippen molar-refractivity contribution in [3.05, 3.63) is 0 Å². The molecule has 12 nitrogen and oxygen atoms in total. The molecule has 8 N–H and O–H groups in total. The lowest BCUT2D eigenvalue weighted by Crippen LogP contribution is -2.64. The molecule has 9 atom stereocenters. The highest BCUT2D eigenvalue weighted by Crippen LogP contribution is 2.47. The van der Waals surface area contributed by atoms with Gasteiger partial charge in [0.15, 0.2) is 0 Å². The minimum atomic E-state index is -5.06. The first-order chi connectivity index (χ1) is 35.4. The fourth-order valence-corrected chi connectivity index (χ4v) is 11.6. The molecule has 1 amide bonds. The Kier molecular flexibility index (Phi) is 47.8. The molecule has 0 aliphatic heterocycles. The van der Waals surface area contributed by atoms with Crippen molar-refractivity contribution in [2.75, 3.05) is 6.61 Å². The van der Waals surface area contributed by atoms with Gasteiger partial charge in [-0.2, -0.15) is 0 Å². The number of phosphoric acid groups is 1. The van der Waals surface area contributed by atoms with E-state index < -0.39 is 63.2 Å². The summed E-state index contributed by atoms with van der Waals surface area (Å²) in [6, 6.07) is -1.03. The maximum atomic E-state index is 13.1. The van der Waals surface area contributed by atoms with E-state index in [9.17, 15) is 44.9 Å². The smallest absolute Gasteiger partial charge is 0.391 e. The summed E-state index contributed by atoms with van der Waals surface area (Å²) in [7, 11) is -5.06. The van der Waals surface area contributed by atoms with Crippen LogP contribution in [0.25, 0.3) is 0 Å². The Labute approximate surface area is 448 Å². The molecule has 436 valence electrons. The van der Waals surface area contributed by atoms with E-state index in [0.29, 0.717) is 19.3 Å². The summed E-state index contributed by atoms with van der Waals surface area (Å²) in [6.45, 7) is 3.95. The van der Waals surface area contributed by atoms with Crippen LogP contribution >= 0.6 is 7.82 Å². The highest BCUT2D eigenvalue weighted by molar-refractivity contribution is 7.47. The summed E-state index contributed by atoms with van der Waals surface area (Å²) in [4.78, 5) is 23.6. The van der Waals surface area contributed by atoms with Gasteiger partial charge in [-0.1, -0.05) is 303 Å². The zero-order chi connectivity index (χ0) is 53.5. The van der Waals surface area contributed by atoms with Crippen LogP contribution in [0.4, 0.5) is 0 Å². The van der Waals surface area contributed by atoms with Gasteiger partial charge in [0.25, 0.3) is 0 Å². The van der Waals surface area contributed by atoms with Gasteiger partial charge in [-0.15, -0.1) is 0 Å². The van der Waals surface area contributed by atoms with Gasteiger partial charge in [0, 0.05) is 6.42 Å². The lowest BCUT2D eigenvalue weighted by Gasteiger charge is -2.41. The third-order valence-electron chi connectivity index (χ3n) is 15.7. The lowest BCUT2D eigenvalue weighted by atomic mass is 9.85. The predicted octanol–water partition coefficient (Wildman–Crippen LogP) is 14.9. The first kappa shape index (κ1) is 70.4. The quantitative estimate of drug-likeness (QED) is 0.0212. The average molecular weight is 1060 g/mol. The van der Waals surface area contributed by atoms with Gasteiger partial charge in [0.1, 0.15) is 36.6 Å². The molecule has 73 heavy (non-hydrogen) atoms. The van der Waals surface area contributed by atoms with E-state index in [0.717, 1.165) is 38.5 Å². The minimum absolute atomic E-state index is 0.244. The molecule has 0 saturated heterocycles. The van der Waals surface area contributed by atoms with E-state index in [1.165, 1.54) is 244 Å². The van der Waals surface area contributed by atoms with Gasteiger partial charge >= 0.3 is 7.82 Å². The third-order valence-corrected chi connectivity index (χ3v) is 16.7. The Bertz CT molecular complexity index is 1230. The van der Waals surface area contributed by atoms with Gasteiger partial charge in [0.2, 0.25) is 5.91 Å². The highest BCUT2D eigenvalue weighted by atomic mass is 31.2. The maximum absolute atomic E-state index is 13.1. The molecule has 0 spiro atoms. The fraction of sp³-hybridized carbons (Fsp3) is 0.983. The van der Waals surface area contributed by atoms with Crippen molar-refractivity contribution < 1.29 is 53.9 Å². The first-order valence-electron chi connectivity index (χ1n) is 31.5. The highest BCUT2D eigenvalue weighted by Gasteiger charge is 2.51. The van der Waals surface area contributed by atoms with Crippen LogP contribution in [0, 0.1) is 0 Å². The van der Waals surface area contributed by atoms with Gasteiger partial charge in [-0.05, 0) is 12.8 Å². The van der Waals surface area contributed by atoms with Crippen molar-refractivity contribution in [3.8, 4) is 0 Å².